The molecule has 1 saturated heterocycles. The first-order valence-corrected chi connectivity index (χ1v) is 8.03. The summed E-state index contributed by atoms with van der Waals surface area (Å²) in [5.74, 6) is 2.04. The summed E-state index contributed by atoms with van der Waals surface area (Å²) >= 11 is 0. The molecular weight excluding hydrogens is 236 g/mol. The Balaban J connectivity index is 1.87. The number of carbonyl (C=O) groups is 1. The van der Waals surface area contributed by atoms with Gasteiger partial charge in [-0.25, -0.2) is 0 Å². The van der Waals surface area contributed by atoms with Gasteiger partial charge in [0.05, 0.1) is 6.04 Å². The van der Waals surface area contributed by atoms with Gasteiger partial charge in [0.2, 0.25) is 5.91 Å². The smallest absolute Gasteiger partial charge is 0.240 e. The predicted molar refractivity (Wildman–Crippen MR) is 76.9 cm³/mol. The minimum atomic E-state index is 0.0395. The highest BCUT2D eigenvalue weighted by atomic mass is 16.2. The van der Waals surface area contributed by atoms with Crippen molar-refractivity contribution in [3.8, 4) is 0 Å². The summed E-state index contributed by atoms with van der Waals surface area (Å²) in [4.78, 5) is 15.2. The van der Waals surface area contributed by atoms with Crippen LogP contribution in [0.3, 0.4) is 0 Å². The number of hydrogen-bond acceptors (Lipinski definition) is 2. The van der Waals surface area contributed by atoms with Gasteiger partial charge in [0.25, 0.3) is 0 Å². The third-order valence-electron chi connectivity index (χ3n) is 5.85. The minimum absolute atomic E-state index is 0.0395. The molecule has 0 aromatic carbocycles. The van der Waals surface area contributed by atoms with E-state index in [2.05, 4.69) is 24.1 Å². The molecule has 3 fully saturated rings. The second-order valence-corrected chi connectivity index (χ2v) is 7.50. The molecule has 1 amide bonds. The van der Waals surface area contributed by atoms with E-state index in [0.29, 0.717) is 11.9 Å². The van der Waals surface area contributed by atoms with Gasteiger partial charge in [-0.3, -0.25) is 4.79 Å². The Morgan fingerprint density at radius 1 is 1.21 bits per heavy atom. The fraction of sp³-hybridized carbons (Fsp3) is 0.938. The number of nitrogens with zero attached hydrogens (tertiary/aromatic N) is 1. The van der Waals surface area contributed by atoms with Crippen LogP contribution in [0.2, 0.25) is 0 Å². The summed E-state index contributed by atoms with van der Waals surface area (Å²) in [6.45, 7) is 4.55. The molecule has 1 N–H and O–H groups in total. The van der Waals surface area contributed by atoms with Crippen LogP contribution in [-0.2, 0) is 4.79 Å². The van der Waals surface area contributed by atoms with Gasteiger partial charge >= 0.3 is 0 Å². The van der Waals surface area contributed by atoms with E-state index in [1.54, 1.807) is 0 Å². The Morgan fingerprint density at radius 3 is 2.58 bits per heavy atom. The third-order valence-corrected chi connectivity index (χ3v) is 5.85. The van der Waals surface area contributed by atoms with E-state index in [1.807, 2.05) is 7.05 Å². The largest absolute Gasteiger partial charge is 0.333 e. The number of carbonyl (C=O) groups excluding carboxylic acids is 1. The summed E-state index contributed by atoms with van der Waals surface area (Å²) in [5, 5.41) is 3.24. The molecule has 0 aromatic rings. The van der Waals surface area contributed by atoms with Crippen LogP contribution in [0.25, 0.3) is 0 Å². The zero-order chi connectivity index (χ0) is 13.6. The summed E-state index contributed by atoms with van der Waals surface area (Å²) in [5.41, 5.74) is 0.0395. The zero-order valence-electron chi connectivity index (χ0n) is 12.6. The van der Waals surface area contributed by atoms with Crippen LogP contribution in [-0.4, -0.2) is 35.5 Å². The van der Waals surface area contributed by atoms with Crippen molar-refractivity contribution in [1.82, 2.24) is 10.2 Å². The van der Waals surface area contributed by atoms with Crippen LogP contribution in [0.15, 0.2) is 0 Å². The molecule has 3 heteroatoms. The maximum Gasteiger partial charge on any atom is 0.240 e. The van der Waals surface area contributed by atoms with Gasteiger partial charge in [-0.2, -0.15) is 0 Å². The van der Waals surface area contributed by atoms with Crippen molar-refractivity contribution in [2.75, 3.05) is 7.05 Å². The Bertz CT molecular complexity index is 366. The molecule has 2 aliphatic carbocycles. The Morgan fingerprint density at radius 2 is 2.00 bits per heavy atom. The van der Waals surface area contributed by atoms with Crippen molar-refractivity contribution in [3.63, 3.8) is 0 Å². The van der Waals surface area contributed by atoms with E-state index >= 15 is 0 Å². The molecule has 108 valence electrons. The molecule has 0 radical (unpaired) electrons. The SMILES string of the molecule is CNC1CCCC(C)(C)N(C2CC3CCC2C3)C1=O. The lowest BCUT2D eigenvalue weighted by Gasteiger charge is -2.45. The van der Waals surface area contributed by atoms with E-state index < -0.39 is 0 Å². The molecule has 4 unspecified atom stereocenters. The lowest BCUT2D eigenvalue weighted by Crippen LogP contribution is -2.58. The van der Waals surface area contributed by atoms with Crippen molar-refractivity contribution in [3.05, 3.63) is 0 Å². The van der Waals surface area contributed by atoms with Crippen LogP contribution in [0.4, 0.5) is 0 Å². The number of nitrogens with one attached hydrogen (secondary N) is 1. The van der Waals surface area contributed by atoms with E-state index in [1.165, 1.54) is 25.7 Å². The van der Waals surface area contributed by atoms with Gasteiger partial charge in [-0.15, -0.1) is 0 Å². The molecule has 1 heterocycles. The van der Waals surface area contributed by atoms with Gasteiger partial charge in [0.1, 0.15) is 0 Å². The number of amides is 1. The fourth-order valence-electron chi connectivity index (χ4n) is 4.86. The Kier molecular flexibility index (Phi) is 3.36. The quantitative estimate of drug-likeness (QED) is 0.831. The second-order valence-electron chi connectivity index (χ2n) is 7.50. The molecule has 3 aliphatic rings. The third kappa shape index (κ3) is 2.20. The molecule has 2 saturated carbocycles. The monoisotopic (exact) mass is 264 g/mol. The summed E-state index contributed by atoms with van der Waals surface area (Å²) in [6, 6.07) is 0.566. The lowest BCUT2D eigenvalue weighted by molar-refractivity contribution is -0.142. The molecule has 19 heavy (non-hydrogen) atoms. The highest BCUT2D eigenvalue weighted by Gasteiger charge is 2.49. The van der Waals surface area contributed by atoms with E-state index in [0.717, 1.165) is 31.1 Å². The summed E-state index contributed by atoms with van der Waals surface area (Å²) < 4.78 is 0. The van der Waals surface area contributed by atoms with Crippen molar-refractivity contribution < 1.29 is 4.79 Å². The minimum Gasteiger partial charge on any atom is -0.333 e. The van der Waals surface area contributed by atoms with Gasteiger partial charge in [0.15, 0.2) is 0 Å². The number of hydrogen-bond donors (Lipinski definition) is 1. The van der Waals surface area contributed by atoms with Crippen LogP contribution < -0.4 is 5.32 Å². The normalized spacial score (nSPS) is 41.6. The number of rotatable bonds is 2. The van der Waals surface area contributed by atoms with Crippen LogP contribution >= 0.6 is 0 Å². The van der Waals surface area contributed by atoms with Gasteiger partial charge in [-0.1, -0.05) is 6.42 Å². The number of fused-ring (bicyclic) bond motifs is 2. The first-order valence-electron chi connectivity index (χ1n) is 8.03. The number of likely N-dealkylation sites (N-methyl/N-ethyl adjacent to an activating group) is 1. The molecule has 2 bridgehead atoms. The van der Waals surface area contributed by atoms with Crippen molar-refractivity contribution in [1.29, 1.82) is 0 Å². The first-order chi connectivity index (χ1) is 9.03. The fourth-order valence-corrected chi connectivity index (χ4v) is 4.86. The van der Waals surface area contributed by atoms with E-state index in [4.69, 9.17) is 0 Å². The standard InChI is InChI=1S/C16H28N2O/c1-16(2)8-4-5-13(17-3)15(19)18(16)14-10-11-6-7-12(14)9-11/h11-14,17H,4-10H2,1-3H3. The molecule has 0 aromatic heterocycles. The van der Waals surface area contributed by atoms with Crippen LogP contribution in [0.5, 0.6) is 0 Å². The highest BCUT2D eigenvalue weighted by Crippen LogP contribution is 2.49. The number of likely N-dealkylation sites (tertiary alicyclic amines) is 1. The Labute approximate surface area is 117 Å². The van der Waals surface area contributed by atoms with Crippen LogP contribution in [0.1, 0.15) is 58.8 Å². The predicted octanol–water partition coefficient (Wildman–Crippen LogP) is 2.55. The van der Waals surface area contributed by atoms with E-state index in [9.17, 15) is 4.79 Å². The van der Waals surface area contributed by atoms with Crippen molar-refractivity contribution in [2.45, 2.75) is 76.4 Å². The van der Waals surface area contributed by atoms with Gasteiger partial charge in [0, 0.05) is 11.6 Å². The van der Waals surface area contributed by atoms with Crippen LogP contribution in [0, 0.1) is 11.8 Å². The lowest BCUT2D eigenvalue weighted by atomic mass is 9.88. The average molecular weight is 264 g/mol. The molecule has 3 rings (SSSR count). The van der Waals surface area contributed by atoms with E-state index in [-0.39, 0.29) is 11.6 Å². The zero-order valence-corrected chi connectivity index (χ0v) is 12.6. The molecule has 4 atom stereocenters. The maximum absolute atomic E-state index is 12.9. The maximum atomic E-state index is 12.9. The summed E-state index contributed by atoms with van der Waals surface area (Å²) in [6.07, 6.45) is 8.67. The second kappa shape index (κ2) is 4.76. The highest BCUT2D eigenvalue weighted by molar-refractivity contribution is 5.83. The molecular formula is C16H28N2O. The molecule has 3 nitrogen and oxygen atoms in total. The van der Waals surface area contributed by atoms with Crippen molar-refractivity contribution >= 4 is 5.91 Å². The Hall–Kier alpha value is -0.570. The van der Waals surface area contributed by atoms with Crippen molar-refractivity contribution in [2.24, 2.45) is 11.8 Å². The van der Waals surface area contributed by atoms with Gasteiger partial charge in [-0.05, 0) is 71.3 Å². The summed E-state index contributed by atoms with van der Waals surface area (Å²) in [7, 11) is 1.93. The molecule has 1 aliphatic heterocycles. The average Bonchev–Trinajstić information content (AvgIpc) is 2.93. The first kappa shape index (κ1) is 13.4. The topological polar surface area (TPSA) is 32.3 Å². The van der Waals surface area contributed by atoms with Gasteiger partial charge < -0.3 is 10.2 Å². The molecule has 0 spiro atoms.